The summed E-state index contributed by atoms with van der Waals surface area (Å²) in [5.41, 5.74) is 3.49. The Balaban J connectivity index is 1.97. The van der Waals surface area contributed by atoms with Gasteiger partial charge in [-0.25, -0.2) is 4.79 Å². The molecule has 186 valence electrons. The van der Waals surface area contributed by atoms with Crippen molar-refractivity contribution in [2.75, 3.05) is 37.4 Å². The summed E-state index contributed by atoms with van der Waals surface area (Å²) in [5.74, 6) is -2.78. The highest BCUT2D eigenvalue weighted by Gasteiger charge is 2.39. The van der Waals surface area contributed by atoms with Crippen molar-refractivity contribution in [3.63, 3.8) is 0 Å². The first-order valence-electron chi connectivity index (χ1n) is 10.7. The van der Waals surface area contributed by atoms with E-state index >= 15 is 0 Å². The average Bonchev–Trinajstić information content (AvgIpc) is 3.05. The van der Waals surface area contributed by atoms with Gasteiger partial charge in [-0.15, -0.1) is 0 Å². The fourth-order valence-corrected chi connectivity index (χ4v) is 3.68. The van der Waals surface area contributed by atoms with E-state index in [4.69, 9.17) is 10.5 Å². The molecule has 1 aliphatic rings. The van der Waals surface area contributed by atoms with Crippen LogP contribution in [0, 0.1) is 10.1 Å². The normalized spacial score (nSPS) is 12.7. The molecule has 0 aliphatic carbocycles. The number of carbonyl (C=O) groups excluding carboxylic acids is 3. The molecule has 3 rings (SSSR count). The number of nitrogens with one attached hydrogen (secondary N) is 1. The Hall–Kier alpha value is -4.33. The number of aromatic amines is 1. The number of hydrogen-bond acceptors (Lipinski definition) is 9. The number of nitro benzene ring substituents is 1. The molecule has 1 aromatic heterocycles. The highest BCUT2D eigenvalue weighted by atomic mass is 16.6. The Bertz CT molecular complexity index is 1310. The molecule has 0 radical (unpaired) electrons. The molecule has 14 heteroatoms. The van der Waals surface area contributed by atoms with E-state index < -0.39 is 40.4 Å². The lowest BCUT2D eigenvalue weighted by molar-refractivity contribution is -0.384. The van der Waals surface area contributed by atoms with Gasteiger partial charge in [0.2, 0.25) is 5.91 Å². The highest BCUT2D eigenvalue weighted by molar-refractivity contribution is 6.23. The maximum absolute atomic E-state index is 13.3. The largest absolute Gasteiger partial charge is 0.383 e. The number of nitrogens with two attached hydrogens (primary N) is 1. The van der Waals surface area contributed by atoms with Gasteiger partial charge in [0.25, 0.3) is 23.1 Å². The number of nitro groups is 1. The van der Waals surface area contributed by atoms with Crippen LogP contribution >= 0.6 is 0 Å². The number of carbonyl (C=O) groups is 3. The molecule has 2 heterocycles. The number of non-ortho nitro benzene ring substituents is 1. The van der Waals surface area contributed by atoms with Crippen LogP contribution in [0.1, 0.15) is 40.5 Å². The van der Waals surface area contributed by atoms with Crippen LogP contribution in [0.3, 0.4) is 0 Å². The number of nitrogens with zero attached hydrogens (tertiary/aromatic N) is 4. The fourth-order valence-electron chi connectivity index (χ4n) is 3.68. The molecule has 3 amide bonds. The lowest BCUT2D eigenvalue weighted by Crippen LogP contribution is -2.47. The van der Waals surface area contributed by atoms with Gasteiger partial charge < -0.3 is 15.4 Å². The number of ether oxygens (including phenoxy) is 1. The van der Waals surface area contributed by atoms with Crippen LogP contribution in [0.2, 0.25) is 0 Å². The number of amides is 3. The molecule has 0 fully saturated rings. The van der Waals surface area contributed by atoms with E-state index in [9.17, 15) is 34.1 Å². The van der Waals surface area contributed by atoms with Crippen molar-refractivity contribution in [3.8, 4) is 0 Å². The van der Waals surface area contributed by atoms with Crippen molar-refractivity contribution in [2.24, 2.45) is 0 Å². The zero-order chi connectivity index (χ0) is 25.9. The minimum Gasteiger partial charge on any atom is -0.383 e. The lowest BCUT2D eigenvalue weighted by Gasteiger charge is -2.26. The number of imide groups is 1. The van der Waals surface area contributed by atoms with Crippen LogP contribution in [0.25, 0.3) is 0 Å². The number of aromatic nitrogens is 2. The zero-order valence-corrected chi connectivity index (χ0v) is 19.1. The second-order valence-electron chi connectivity index (χ2n) is 7.72. The van der Waals surface area contributed by atoms with E-state index in [1.54, 1.807) is 0 Å². The number of rotatable bonds is 10. The van der Waals surface area contributed by atoms with Gasteiger partial charge in [-0.1, -0.05) is 13.3 Å². The van der Waals surface area contributed by atoms with Gasteiger partial charge in [0.1, 0.15) is 12.4 Å². The smallest absolute Gasteiger partial charge is 0.330 e. The Morgan fingerprint density at radius 2 is 1.89 bits per heavy atom. The van der Waals surface area contributed by atoms with Gasteiger partial charge >= 0.3 is 5.69 Å². The topological polar surface area (TPSA) is 191 Å². The zero-order valence-electron chi connectivity index (χ0n) is 19.1. The number of anilines is 2. The molecule has 14 nitrogen and oxygen atoms in total. The van der Waals surface area contributed by atoms with Gasteiger partial charge in [0, 0.05) is 32.3 Å². The van der Waals surface area contributed by atoms with E-state index in [0.717, 1.165) is 34.1 Å². The molecule has 3 N–H and O–H groups in total. The standard InChI is InChI=1S/C21H24N6O8/c1-3-4-7-25-17(22)16(18(29)23-21(25)32)24(8-9-35-2)15(28)11-26-19(30)13-6-5-12(27(33)34)10-14(13)20(26)31/h5-6,10H,3-4,7-9,11,22H2,1-2H3,(H,23,29,32). The second-order valence-corrected chi connectivity index (χ2v) is 7.72. The maximum atomic E-state index is 13.3. The van der Waals surface area contributed by atoms with Gasteiger partial charge in [-0.05, 0) is 12.5 Å². The van der Waals surface area contributed by atoms with Crippen molar-refractivity contribution in [3.05, 3.63) is 60.3 Å². The number of nitrogen functional groups attached to an aromatic ring is 1. The number of methoxy groups -OCH3 is 1. The Labute approximate surface area is 198 Å². The van der Waals surface area contributed by atoms with E-state index in [1.165, 1.54) is 7.11 Å². The number of unbranched alkanes of at least 4 members (excludes halogenated alkanes) is 1. The van der Waals surface area contributed by atoms with Gasteiger partial charge in [-0.2, -0.15) is 0 Å². The van der Waals surface area contributed by atoms with Crippen LogP contribution in [-0.4, -0.2) is 63.9 Å². The summed E-state index contributed by atoms with van der Waals surface area (Å²) in [6, 6.07) is 3.20. The van der Waals surface area contributed by atoms with Crippen LogP contribution in [0.5, 0.6) is 0 Å². The van der Waals surface area contributed by atoms with E-state index in [-0.39, 0.29) is 48.0 Å². The Morgan fingerprint density at radius 3 is 2.51 bits per heavy atom. The van der Waals surface area contributed by atoms with Gasteiger partial charge in [-0.3, -0.25) is 43.7 Å². The summed E-state index contributed by atoms with van der Waals surface area (Å²) in [6.45, 7) is 1.15. The monoisotopic (exact) mass is 488 g/mol. The average molecular weight is 488 g/mol. The lowest BCUT2D eigenvalue weighted by atomic mass is 10.1. The first-order chi connectivity index (χ1) is 16.6. The van der Waals surface area contributed by atoms with Crippen molar-refractivity contribution >= 4 is 34.9 Å². The van der Waals surface area contributed by atoms with Crippen LogP contribution in [0.15, 0.2) is 27.8 Å². The predicted molar refractivity (Wildman–Crippen MR) is 123 cm³/mol. The van der Waals surface area contributed by atoms with Crippen molar-refractivity contribution in [1.82, 2.24) is 14.5 Å². The first kappa shape index (κ1) is 25.3. The van der Waals surface area contributed by atoms with E-state index in [1.807, 2.05) is 6.92 Å². The number of H-pyrrole nitrogens is 1. The SMILES string of the molecule is CCCCn1c(N)c(N(CCOC)C(=O)CN2C(=O)c3ccc([N+](=O)[O-])cc3C2=O)c(=O)[nH]c1=O. The quantitative estimate of drug-likeness (QED) is 0.265. The van der Waals surface area contributed by atoms with Crippen LogP contribution in [-0.2, 0) is 16.1 Å². The minimum absolute atomic E-state index is 0.0208. The van der Waals surface area contributed by atoms with Gasteiger partial charge in [0.05, 0.1) is 22.7 Å². The van der Waals surface area contributed by atoms with Crippen LogP contribution < -0.4 is 21.9 Å². The summed E-state index contributed by atoms with van der Waals surface area (Å²) in [6.07, 6.45) is 1.33. The molecule has 0 bridgehead atoms. The van der Waals surface area contributed by atoms with Crippen molar-refractivity contribution in [1.29, 1.82) is 0 Å². The Kier molecular flexibility index (Phi) is 7.44. The molecule has 0 unspecified atom stereocenters. The Morgan fingerprint density at radius 1 is 1.20 bits per heavy atom. The predicted octanol–water partition coefficient (Wildman–Crippen LogP) is 0.103. The minimum atomic E-state index is -0.914. The van der Waals surface area contributed by atoms with E-state index in [0.29, 0.717) is 11.3 Å². The highest BCUT2D eigenvalue weighted by Crippen LogP contribution is 2.27. The third kappa shape index (κ3) is 4.82. The molecule has 0 spiro atoms. The number of benzene rings is 1. The fraction of sp³-hybridized carbons (Fsp3) is 0.381. The van der Waals surface area contributed by atoms with Crippen molar-refractivity contribution in [2.45, 2.75) is 26.3 Å². The van der Waals surface area contributed by atoms with Crippen LogP contribution in [0.4, 0.5) is 17.2 Å². The maximum Gasteiger partial charge on any atom is 0.330 e. The van der Waals surface area contributed by atoms with E-state index in [2.05, 4.69) is 4.98 Å². The third-order valence-corrected chi connectivity index (χ3v) is 5.50. The van der Waals surface area contributed by atoms with Crippen molar-refractivity contribution < 1.29 is 24.0 Å². The molecule has 0 saturated carbocycles. The summed E-state index contributed by atoms with van der Waals surface area (Å²) >= 11 is 0. The molecule has 1 aliphatic heterocycles. The number of hydrogen-bond donors (Lipinski definition) is 2. The molecule has 1 aromatic carbocycles. The molecule has 35 heavy (non-hydrogen) atoms. The summed E-state index contributed by atoms with van der Waals surface area (Å²) in [4.78, 5) is 77.7. The summed E-state index contributed by atoms with van der Waals surface area (Å²) in [5, 5.41) is 11.0. The first-order valence-corrected chi connectivity index (χ1v) is 10.7. The molecular weight excluding hydrogens is 464 g/mol. The second kappa shape index (κ2) is 10.3. The third-order valence-electron chi connectivity index (χ3n) is 5.50. The summed E-state index contributed by atoms with van der Waals surface area (Å²) in [7, 11) is 1.37. The number of fused-ring (bicyclic) bond motifs is 1. The molecular formula is C21H24N6O8. The van der Waals surface area contributed by atoms with Gasteiger partial charge in [0.15, 0.2) is 5.69 Å². The summed E-state index contributed by atoms with van der Waals surface area (Å²) < 4.78 is 6.15. The molecule has 2 aromatic rings. The molecule has 0 saturated heterocycles. The molecule has 0 atom stereocenters.